The van der Waals surface area contributed by atoms with E-state index >= 15 is 0 Å². The molecule has 0 aliphatic heterocycles. The van der Waals surface area contributed by atoms with Crippen molar-refractivity contribution in [2.75, 3.05) is 0 Å². The number of Topliss-reactive ketones (excluding diaryl/α,β-unsaturated/α-hetero) is 1. The van der Waals surface area contributed by atoms with Gasteiger partial charge in [-0.05, 0) is 73.0 Å². The smallest absolute Gasteiger partial charge is 0.133 e. The van der Waals surface area contributed by atoms with Gasteiger partial charge in [0.05, 0.1) is 6.10 Å². The molecule has 4 aliphatic carbocycles. The van der Waals surface area contributed by atoms with Gasteiger partial charge in [-0.3, -0.25) is 4.79 Å². The maximum Gasteiger partial charge on any atom is 0.133 e. The Labute approximate surface area is 148 Å². The van der Waals surface area contributed by atoms with Crippen LogP contribution in [0.4, 0.5) is 0 Å². The van der Waals surface area contributed by atoms with E-state index in [4.69, 9.17) is 0 Å². The van der Waals surface area contributed by atoms with Gasteiger partial charge in [-0.2, -0.15) is 0 Å². The molecule has 0 aromatic rings. The standard InChI is InChI=1S/C19H29IO2/c1-18-7-5-12(21)9-11(18)3-4-13-14(18)6-8-19(2)15(13)10-16(20)17(19)22/h11,13-17,22H,3-10H2,1-2H3/t11?,13?,14?,15?,16?,17?,18-,19-/m0/s1. The van der Waals surface area contributed by atoms with Gasteiger partial charge in [0.15, 0.2) is 0 Å². The summed E-state index contributed by atoms with van der Waals surface area (Å²) in [4.78, 5) is 11.9. The lowest BCUT2D eigenvalue weighted by Crippen LogP contribution is -2.54. The van der Waals surface area contributed by atoms with Gasteiger partial charge < -0.3 is 5.11 Å². The molecular weight excluding hydrogens is 387 g/mol. The van der Waals surface area contributed by atoms with Crippen LogP contribution in [0, 0.1) is 34.5 Å². The first-order chi connectivity index (χ1) is 10.4. The molecule has 6 unspecified atom stereocenters. The van der Waals surface area contributed by atoms with Crippen LogP contribution in [-0.4, -0.2) is 20.9 Å². The van der Waals surface area contributed by atoms with Crippen molar-refractivity contribution in [2.24, 2.45) is 34.5 Å². The third-order valence-electron chi connectivity index (χ3n) is 8.42. The van der Waals surface area contributed by atoms with E-state index < -0.39 is 0 Å². The van der Waals surface area contributed by atoms with Gasteiger partial charge >= 0.3 is 0 Å². The topological polar surface area (TPSA) is 37.3 Å². The molecule has 3 heteroatoms. The zero-order valence-electron chi connectivity index (χ0n) is 13.9. The lowest BCUT2D eigenvalue weighted by Gasteiger charge is -2.59. The molecule has 4 fully saturated rings. The second-order valence-electron chi connectivity index (χ2n) is 9.14. The summed E-state index contributed by atoms with van der Waals surface area (Å²) in [5.41, 5.74) is 0.549. The van der Waals surface area contributed by atoms with E-state index in [-0.39, 0.29) is 11.5 Å². The molecule has 22 heavy (non-hydrogen) atoms. The van der Waals surface area contributed by atoms with Crippen molar-refractivity contribution in [2.45, 2.75) is 75.2 Å². The minimum absolute atomic E-state index is 0.113. The minimum Gasteiger partial charge on any atom is -0.391 e. The van der Waals surface area contributed by atoms with Crippen molar-refractivity contribution in [3.8, 4) is 0 Å². The SMILES string of the molecule is C[C@]12CCC(=O)CC1CCC1C2CC[C@]2(C)C(O)C(I)CC12. The number of carbonyl (C=O) groups is 1. The summed E-state index contributed by atoms with van der Waals surface area (Å²) in [6.07, 6.45) is 8.89. The first-order valence-corrected chi connectivity index (χ1v) is 10.4. The van der Waals surface area contributed by atoms with Crippen LogP contribution < -0.4 is 0 Å². The summed E-state index contributed by atoms with van der Waals surface area (Å²) >= 11 is 2.49. The van der Waals surface area contributed by atoms with Gasteiger partial charge in [-0.15, -0.1) is 0 Å². The van der Waals surface area contributed by atoms with E-state index in [1.54, 1.807) is 0 Å². The van der Waals surface area contributed by atoms with Crippen LogP contribution in [0.2, 0.25) is 0 Å². The molecule has 124 valence electrons. The molecule has 0 radical (unpaired) electrons. The zero-order chi connectivity index (χ0) is 15.7. The summed E-state index contributed by atoms with van der Waals surface area (Å²) in [6.45, 7) is 4.85. The molecular formula is C19H29IO2. The van der Waals surface area contributed by atoms with E-state index in [2.05, 4.69) is 36.4 Å². The average Bonchev–Trinajstić information content (AvgIpc) is 2.72. The second-order valence-corrected chi connectivity index (χ2v) is 10.7. The number of halogens is 1. The highest BCUT2D eigenvalue weighted by Crippen LogP contribution is 2.66. The lowest BCUT2D eigenvalue weighted by molar-refractivity contribution is -0.141. The van der Waals surface area contributed by atoms with E-state index in [1.807, 2.05) is 0 Å². The average molecular weight is 416 g/mol. The highest BCUT2D eigenvalue weighted by molar-refractivity contribution is 14.1. The Hall–Kier alpha value is 0.360. The number of hydrogen-bond acceptors (Lipinski definition) is 2. The summed E-state index contributed by atoms with van der Waals surface area (Å²) in [7, 11) is 0. The van der Waals surface area contributed by atoms with Crippen LogP contribution in [0.1, 0.15) is 65.2 Å². The molecule has 0 heterocycles. The predicted molar refractivity (Wildman–Crippen MR) is 95.9 cm³/mol. The molecule has 0 amide bonds. The van der Waals surface area contributed by atoms with Crippen LogP contribution in [0.3, 0.4) is 0 Å². The second kappa shape index (κ2) is 5.18. The molecule has 0 bridgehead atoms. The summed E-state index contributed by atoms with van der Waals surface area (Å²) in [5, 5.41) is 10.7. The largest absolute Gasteiger partial charge is 0.391 e. The maximum absolute atomic E-state index is 11.9. The molecule has 1 N–H and O–H groups in total. The quantitative estimate of drug-likeness (QED) is 0.470. The highest BCUT2D eigenvalue weighted by atomic mass is 127. The fourth-order valence-electron chi connectivity index (χ4n) is 6.99. The Kier molecular flexibility index (Phi) is 3.73. The number of alkyl halides is 1. The van der Waals surface area contributed by atoms with Crippen molar-refractivity contribution in [3.05, 3.63) is 0 Å². The van der Waals surface area contributed by atoms with Crippen LogP contribution >= 0.6 is 22.6 Å². The van der Waals surface area contributed by atoms with Gasteiger partial charge in [-0.1, -0.05) is 36.4 Å². The van der Waals surface area contributed by atoms with Gasteiger partial charge in [0.2, 0.25) is 0 Å². The summed E-state index contributed by atoms with van der Waals surface area (Å²) < 4.78 is 0.435. The Morgan fingerprint density at radius 1 is 1.09 bits per heavy atom. The third-order valence-corrected chi connectivity index (χ3v) is 9.61. The van der Waals surface area contributed by atoms with Crippen LogP contribution in [0.15, 0.2) is 0 Å². The zero-order valence-corrected chi connectivity index (χ0v) is 16.0. The number of aliphatic hydroxyl groups is 1. The molecule has 0 aromatic heterocycles. The maximum atomic E-state index is 11.9. The number of rotatable bonds is 0. The molecule has 0 saturated heterocycles. The van der Waals surface area contributed by atoms with E-state index in [9.17, 15) is 9.90 Å². The molecule has 4 saturated carbocycles. The highest BCUT2D eigenvalue weighted by Gasteiger charge is 2.61. The lowest BCUT2D eigenvalue weighted by atomic mass is 9.45. The monoisotopic (exact) mass is 416 g/mol. The molecule has 0 aromatic carbocycles. The van der Waals surface area contributed by atoms with Gasteiger partial charge in [0, 0.05) is 16.8 Å². The first-order valence-electron chi connectivity index (χ1n) is 9.20. The normalized spacial score (nSPS) is 57.9. The van der Waals surface area contributed by atoms with Crippen molar-refractivity contribution in [1.29, 1.82) is 0 Å². The van der Waals surface area contributed by atoms with E-state index in [1.165, 1.54) is 32.1 Å². The van der Waals surface area contributed by atoms with Crippen molar-refractivity contribution >= 4 is 28.4 Å². The van der Waals surface area contributed by atoms with E-state index in [0.29, 0.717) is 27.0 Å². The first kappa shape index (κ1) is 15.9. The fourth-order valence-corrected chi connectivity index (χ4v) is 8.36. The van der Waals surface area contributed by atoms with Crippen molar-refractivity contribution in [1.82, 2.24) is 0 Å². The van der Waals surface area contributed by atoms with E-state index in [0.717, 1.165) is 31.1 Å². The molecule has 8 atom stereocenters. The summed E-state index contributed by atoms with van der Waals surface area (Å²) in [5.74, 6) is 3.44. The summed E-state index contributed by atoms with van der Waals surface area (Å²) in [6, 6.07) is 0. The molecule has 2 nitrogen and oxygen atoms in total. The van der Waals surface area contributed by atoms with Gasteiger partial charge in [0.1, 0.15) is 5.78 Å². The predicted octanol–water partition coefficient (Wildman–Crippen LogP) is 4.37. The molecule has 4 rings (SSSR count). The van der Waals surface area contributed by atoms with Gasteiger partial charge in [0.25, 0.3) is 0 Å². The van der Waals surface area contributed by atoms with Crippen molar-refractivity contribution < 1.29 is 9.90 Å². The van der Waals surface area contributed by atoms with Crippen LogP contribution in [0.5, 0.6) is 0 Å². The number of fused-ring (bicyclic) bond motifs is 5. The third kappa shape index (κ3) is 2.03. The Bertz CT molecular complexity index is 492. The number of carbonyl (C=O) groups excluding carboxylic acids is 1. The van der Waals surface area contributed by atoms with Crippen molar-refractivity contribution in [3.63, 3.8) is 0 Å². The Morgan fingerprint density at radius 2 is 1.86 bits per heavy atom. The Morgan fingerprint density at radius 3 is 2.64 bits per heavy atom. The Balaban J connectivity index is 1.64. The fraction of sp³-hybridized carbons (Fsp3) is 0.947. The molecule has 0 spiro atoms. The van der Waals surface area contributed by atoms with Gasteiger partial charge in [-0.25, -0.2) is 0 Å². The number of aliphatic hydroxyl groups excluding tert-OH is 1. The van der Waals surface area contributed by atoms with Crippen LogP contribution in [0.25, 0.3) is 0 Å². The number of hydrogen-bond donors (Lipinski definition) is 1. The number of ketones is 1. The molecule has 4 aliphatic rings. The minimum atomic E-state index is -0.113. The van der Waals surface area contributed by atoms with Crippen LogP contribution in [-0.2, 0) is 4.79 Å².